The topological polar surface area (TPSA) is 25.2 Å². The molecule has 1 saturated carbocycles. The lowest BCUT2D eigenvalue weighted by Gasteiger charge is -2.35. The molecule has 1 amide bonds. The fourth-order valence-corrected chi connectivity index (χ4v) is 4.93. The largest absolute Gasteiger partial charge is 0.345 e. The molecule has 1 fully saturated rings. The Bertz CT molecular complexity index is 1010. The molecule has 3 aromatic rings. The Labute approximate surface area is 191 Å². The minimum Gasteiger partial charge on any atom is -0.345 e. The van der Waals surface area contributed by atoms with Crippen molar-refractivity contribution in [3.63, 3.8) is 0 Å². The second kappa shape index (κ2) is 9.84. The maximum absolute atomic E-state index is 13.6. The maximum Gasteiger partial charge on any atom is 0.255 e. The molecular weight excluding hydrogens is 460 g/mol. The summed E-state index contributed by atoms with van der Waals surface area (Å²) in [4.78, 5) is 15.7. The Balaban J connectivity index is 1.61. The average Bonchev–Trinajstić information content (AvgIpc) is 3.21. The van der Waals surface area contributed by atoms with Gasteiger partial charge in [-0.1, -0.05) is 61.2 Å². The first-order chi connectivity index (χ1) is 14.6. The molecule has 30 heavy (non-hydrogen) atoms. The predicted molar refractivity (Wildman–Crippen MR) is 126 cm³/mol. The number of hydrogen-bond donors (Lipinski definition) is 0. The Kier molecular flexibility index (Phi) is 6.96. The first-order valence-electron chi connectivity index (χ1n) is 10.6. The van der Waals surface area contributed by atoms with Crippen LogP contribution < -0.4 is 0 Å². The molecule has 5 heteroatoms. The molecule has 0 aliphatic heterocycles. The second-order valence-electron chi connectivity index (χ2n) is 7.92. The summed E-state index contributed by atoms with van der Waals surface area (Å²) in [5.74, 6) is 0.0971. The van der Waals surface area contributed by atoms with Crippen LogP contribution in [0.4, 0.5) is 0 Å². The number of benzene rings is 2. The van der Waals surface area contributed by atoms with Gasteiger partial charge in [-0.15, -0.1) is 0 Å². The number of carbonyl (C=O) groups excluding carboxylic acids is 1. The third-order valence-electron chi connectivity index (χ3n) is 5.93. The molecule has 1 aliphatic rings. The van der Waals surface area contributed by atoms with Crippen LogP contribution in [0.3, 0.4) is 0 Å². The standard InChI is InChI=1S/C25H26BrClN2O/c26-23-14-6-5-13-22(23)25(30)29(20-10-2-1-3-11-20)18-21-12-8-16-28(21)17-19-9-4-7-15-24(19)27/h4-9,12-16,20H,1-3,10-11,17-18H2. The monoisotopic (exact) mass is 484 g/mol. The second-order valence-corrected chi connectivity index (χ2v) is 9.19. The lowest BCUT2D eigenvalue weighted by molar-refractivity contribution is 0.0607. The van der Waals surface area contributed by atoms with E-state index >= 15 is 0 Å². The molecule has 3 nitrogen and oxygen atoms in total. The van der Waals surface area contributed by atoms with Gasteiger partial charge < -0.3 is 9.47 Å². The fraction of sp³-hybridized carbons (Fsp3) is 0.320. The Morgan fingerprint density at radius 1 is 1.00 bits per heavy atom. The molecule has 0 bridgehead atoms. The van der Waals surface area contributed by atoms with Crippen LogP contribution in [0.15, 0.2) is 71.3 Å². The van der Waals surface area contributed by atoms with E-state index in [9.17, 15) is 4.79 Å². The van der Waals surface area contributed by atoms with E-state index in [2.05, 4.69) is 43.7 Å². The van der Waals surface area contributed by atoms with E-state index in [0.29, 0.717) is 13.1 Å². The van der Waals surface area contributed by atoms with Gasteiger partial charge in [-0.25, -0.2) is 0 Å². The normalized spacial score (nSPS) is 14.6. The molecular formula is C25H26BrClN2O. The summed E-state index contributed by atoms with van der Waals surface area (Å²) in [5, 5.41) is 0.769. The molecule has 2 aromatic carbocycles. The van der Waals surface area contributed by atoms with Crippen molar-refractivity contribution in [1.29, 1.82) is 0 Å². The zero-order chi connectivity index (χ0) is 20.9. The van der Waals surface area contributed by atoms with Gasteiger partial charge in [0.1, 0.15) is 0 Å². The van der Waals surface area contributed by atoms with E-state index in [4.69, 9.17) is 11.6 Å². The average molecular weight is 486 g/mol. The van der Waals surface area contributed by atoms with Gasteiger partial charge in [-0.05, 0) is 64.7 Å². The molecule has 1 heterocycles. The summed E-state index contributed by atoms with van der Waals surface area (Å²) in [6.45, 7) is 1.30. The number of amides is 1. The third-order valence-corrected chi connectivity index (χ3v) is 7.00. The molecule has 1 aromatic heterocycles. The van der Waals surface area contributed by atoms with Crippen LogP contribution >= 0.6 is 27.5 Å². The van der Waals surface area contributed by atoms with E-state index in [0.717, 1.165) is 39.2 Å². The highest BCUT2D eigenvalue weighted by Crippen LogP contribution is 2.28. The van der Waals surface area contributed by atoms with Crippen molar-refractivity contribution < 1.29 is 4.79 Å². The van der Waals surface area contributed by atoms with Crippen molar-refractivity contribution in [3.8, 4) is 0 Å². The molecule has 4 rings (SSSR count). The zero-order valence-corrected chi connectivity index (χ0v) is 19.3. The highest BCUT2D eigenvalue weighted by Gasteiger charge is 2.28. The zero-order valence-electron chi connectivity index (χ0n) is 16.9. The highest BCUT2D eigenvalue weighted by molar-refractivity contribution is 9.10. The van der Waals surface area contributed by atoms with Crippen molar-refractivity contribution in [2.75, 3.05) is 0 Å². The van der Waals surface area contributed by atoms with Gasteiger partial charge >= 0.3 is 0 Å². The third kappa shape index (κ3) is 4.81. The minimum absolute atomic E-state index is 0.0971. The van der Waals surface area contributed by atoms with Gasteiger partial charge in [0, 0.05) is 34.0 Å². The van der Waals surface area contributed by atoms with Gasteiger partial charge in [-0.3, -0.25) is 4.79 Å². The van der Waals surface area contributed by atoms with Crippen molar-refractivity contribution in [3.05, 3.63) is 93.2 Å². The molecule has 156 valence electrons. The van der Waals surface area contributed by atoms with Gasteiger partial charge in [0.25, 0.3) is 5.91 Å². The number of hydrogen-bond acceptors (Lipinski definition) is 1. The minimum atomic E-state index is 0.0971. The van der Waals surface area contributed by atoms with E-state index in [-0.39, 0.29) is 11.9 Å². The van der Waals surface area contributed by atoms with Crippen LogP contribution in [0, 0.1) is 0 Å². The Hall–Kier alpha value is -2.04. The summed E-state index contributed by atoms with van der Waals surface area (Å²) in [6.07, 6.45) is 7.84. The van der Waals surface area contributed by atoms with Gasteiger partial charge in [0.2, 0.25) is 0 Å². The van der Waals surface area contributed by atoms with E-state index in [1.807, 2.05) is 48.5 Å². The molecule has 0 unspecified atom stereocenters. The summed E-state index contributed by atoms with van der Waals surface area (Å²) in [7, 11) is 0. The lowest BCUT2D eigenvalue weighted by Crippen LogP contribution is -2.41. The van der Waals surface area contributed by atoms with Crippen molar-refractivity contribution >= 4 is 33.4 Å². The number of rotatable bonds is 6. The van der Waals surface area contributed by atoms with Crippen LogP contribution in [-0.4, -0.2) is 21.4 Å². The SMILES string of the molecule is O=C(c1ccccc1Br)N(Cc1cccn1Cc1ccccc1Cl)C1CCCCC1. The molecule has 0 saturated heterocycles. The number of aromatic nitrogens is 1. The van der Waals surface area contributed by atoms with E-state index in [1.54, 1.807) is 0 Å². The lowest BCUT2D eigenvalue weighted by atomic mass is 9.93. The van der Waals surface area contributed by atoms with Crippen LogP contribution in [0.5, 0.6) is 0 Å². The van der Waals surface area contributed by atoms with Gasteiger partial charge in [0.15, 0.2) is 0 Å². The smallest absolute Gasteiger partial charge is 0.255 e. The maximum atomic E-state index is 13.6. The summed E-state index contributed by atoms with van der Waals surface area (Å²) in [6, 6.07) is 20.1. The molecule has 0 atom stereocenters. The predicted octanol–water partition coefficient (Wildman–Crippen LogP) is 6.93. The molecule has 1 aliphatic carbocycles. The molecule has 0 radical (unpaired) electrons. The van der Waals surface area contributed by atoms with Gasteiger partial charge in [0.05, 0.1) is 12.1 Å². The molecule has 0 spiro atoms. The first-order valence-corrected chi connectivity index (χ1v) is 11.7. The highest BCUT2D eigenvalue weighted by atomic mass is 79.9. The van der Waals surface area contributed by atoms with Crippen molar-refractivity contribution in [2.24, 2.45) is 0 Å². The Morgan fingerprint density at radius 2 is 1.73 bits per heavy atom. The van der Waals surface area contributed by atoms with E-state index in [1.165, 1.54) is 19.3 Å². The van der Waals surface area contributed by atoms with Crippen LogP contribution in [0.1, 0.15) is 53.7 Å². The van der Waals surface area contributed by atoms with Gasteiger partial charge in [-0.2, -0.15) is 0 Å². The summed E-state index contributed by atoms with van der Waals surface area (Å²) in [5.41, 5.74) is 2.94. The first kappa shape index (κ1) is 21.2. The summed E-state index contributed by atoms with van der Waals surface area (Å²) >= 11 is 9.95. The van der Waals surface area contributed by atoms with Crippen molar-refractivity contribution in [2.45, 2.75) is 51.2 Å². The Morgan fingerprint density at radius 3 is 2.50 bits per heavy atom. The van der Waals surface area contributed by atoms with Crippen LogP contribution in [-0.2, 0) is 13.1 Å². The number of nitrogens with zero attached hydrogens (tertiary/aromatic N) is 2. The number of carbonyl (C=O) groups is 1. The van der Waals surface area contributed by atoms with Crippen molar-refractivity contribution in [1.82, 2.24) is 9.47 Å². The molecule has 0 N–H and O–H groups in total. The number of halogens is 2. The summed E-state index contributed by atoms with van der Waals surface area (Å²) < 4.78 is 3.05. The fourth-order valence-electron chi connectivity index (χ4n) is 4.28. The van der Waals surface area contributed by atoms with Crippen LogP contribution in [0.25, 0.3) is 0 Å². The quantitative estimate of drug-likeness (QED) is 0.372. The van der Waals surface area contributed by atoms with E-state index < -0.39 is 0 Å². The van der Waals surface area contributed by atoms with Crippen LogP contribution in [0.2, 0.25) is 5.02 Å².